The summed E-state index contributed by atoms with van der Waals surface area (Å²) in [5, 5.41) is 0. The molecule has 15 heavy (non-hydrogen) atoms. The molecule has 3 atom stereocenters. The molecular formula is C12H15NO2. The lowest BCUT2D eigenvalue weighted by atomic mass is 9.74. The van der Waals surface area contributed by atoms with Crippen molar-refractivity contribution in [3.63, 3.8) is 0 Å². The lowest BCUT2D eigenvalue weighted by Crippen LogP contribution is -2.55. The van der Waals surface area contributed by atoms with Gasteiger partial charge in [-0.1, -0.05) is 6.08 Å². The molecule has 2 fully saturated rings. The van der Waals surface area contributed by atoms with Crippen molar-refractivity contribution >= 4 is 11.7 Å². The summed E-state index contributed by atoms with van der Waals surface area (Å²) in [6.07, 6.45) is 7.52. The SMILES string of the molecule is O=C1C=C[C@@H]2C[C@H]1CN1C(=O)CCC[C@H]21. The third-order valence-corrected chi connectivity index (χ3v) is 3.99. The minimum Gasteiger partial charge on any atom is -0.338 e. The first kappa shape index (κ1) is 9.13. The molecule has 0 saturated carbocycles. The summed E-state index contributed by atoms with van der Waals surface area (Å²) in [7, 11) is 0. The standard InChI is InChI=1S/C12H15NO2/c14-11-5-4-8-6-9(11)7-13-10(8)2-1-3-12(13)15/h4-5,8-10H,1-3,6-7H2/t8-,9+,10-/m1/s1. The Bertz CT molecular complexity index is 348. The van der Waals surface area contributed by atoms with Gasteiger partial charge in [-0.15, -0.1) is 0 Å². The Hall–Kier alpha value is -1.12. The van der Waals surface area contributed by atoms with Gasteiger partial charge in [0.2, 0.25) is 5.91 Å². The maximum atomic E-state index is 11.8. The molecule has 2 aliphatic heterocycles. The molecule has 80 valence electrons. The van der Waals surface area contributed by atoms with E-state index in [4.69, 9.17) is 0 Å². The molecule has 2 bridgehead atoms. The van der Waals surface area contributed by atoms with Gasteiger partial charge in [0.15, 0.2) is 5.78 Å². The molecule has 0 aromatic carbocycles. The number of fused-ring (bicyclic) bond motifs is 4. The predicted octanol–water partition coefficient (Wildman–Crippen LogP) is 1.14. The maximum absolute atomic E-state index is 11.8. The molecule has 2 saturated heterocycles. The van der Waals surface area contributed by atoms with Gasteiger partial charge in [0, 0.05) is 24.9 Å². The number of rotatable bonds is 0. The number of carbonyl (C=O) groups excluding carboxylic acids is 2. The maximum Gasteiger partial charge on any atom is 0.222 e. The zero-order valence-corrected chi connectivity index (χ0v) is 8.69. The molecule has 3 rings (SSSR count). The van der Waals surface area contributed by atoms with Gasteiger partial charge in [0.05, 0.1) is 0 Å². The highest BCUT2D eigenvalue weighted by atomic mass is 16.2. The van der Waals surface area contributed by atoms with Crippen LogP contribution in [0.4, 0.5) is 0 Å². The van der Waals surface area contributed by atoms with Gasteiger partial charge in [0.25, 0.3) is 0 Å². The van der Waals surface area contributed by atoms with Crippen LogP contribution in [0.15, 0.2) is 12.2 Å². The molecule has 3 nitrogen and oxygen atoms in total. The Morgan fingerprint density at radius 3 is 3.07 bits per heavy atom. The van der Waals surface area contributed by atoms with E-state index in [0.717, 1.165) is 19.3 Å². The molecule has 0 radical (unpaired) electrons. The van der Waals surface area contributed by atoms with Crippen LogP contribution in [0.25, 0.3) is 0 Å². The fourth-order valence-electron chi connectivity index (χ4n) is 3.19. The topological polar surface area (TPSA) is 37.4 Å². The molecule has 0 N–H and O–H groups in total. The average Bonchev–Trinajstić information content (AvgIpc) is 2.25. The van der Waals surface area contributed by atoms with Crippen molar-refractivity contribution in [2.24, 2.45) is 11.8 Å². The Labute approximate surface area is 89.1 Å². The van der Waals surface area contributed by atoms with Gasteiger partial charge < -0.3 is 4.90 Å². The smallest absolute Gasteiger partial charge is 0.222 e. The van der Waals surface area contributed by atoms with Crippen molar-refractivity contribution < 1.29 is 9.59 Å². The van der Waals surface area contributed by atoms with E-state index in [2.05, 4.69) is 0 Å². The summed E-state index contributed by atoms with van der Waals surface area (Å²) in [4.78, 5) is 25.3. The molecule has 2 heterocycles. The summed E-state index contributed by atoms with van der Waals surface area (Å²) in [6, 6.07) is 0.381. The molecule has 1 amide bonds. The van der Waals surface area contributed by atoms with E-state index in [1.165, 1.54) is 0 Å². The fourth-order valence-corrected chi connectivity index (χ4v) is 3.19. The molecule has 0 aromatic rings. The monoisotopic (exact) mass is 205 g/mol. The Morgan fingerprint density at radius 2 is 2.20 bits per heavy atom. The second-order valence-corrected chi connectivity index (χ2v) is 4.86. The highest BCUT2D eigenvalue weighted by Crippen LogP contribution is 2.37. The second-order valence-electron chi connectivity index (χ2n) is 4.86. The number of hydrogen-bond donors (Lipinski definition) is 0. The molecule has 3 heteroatoms. The lowest BCUT2D eigenvalue weighted by molar-refractivity contribution is -0.143. The first-order valence-corrected chi connectivity index (χ1v) is 5.77. The third-order valence-electron chi connectivity index (χ3n) is 3.99. The highest BCUT2D eigenvalue weighted by molar-refractivity contribution is 5.93. The number of nitrogens with zero attached hydrogens (tertiary/aromatic N) is 1. The van der Waals surface area contributed by atoms with Gasteiger partial charge in [0.1, 0.15) is 0 Å². The summed E-state index contributed by atoms with van der Waals surface area (Å²) in [5.74, 6) is 0.983. The van der Waals surface area contributed by atoms with Crippen LogP contribution in [-0.4, -0.2) is 29.2 Å². The van der Waals surface area contributed by atoms with Crippen LogP contribution in [-0.2, 0) is 9.59 Å². The van der Waals surface area contributed by atoms with Crippen molar-refractivity contribution in [3.05, 3.63) is 12.2 Å². The van der Waals surface area contributed by atoms with Gasteiger partial charge in [-0.25, -0.2) is 0 Å². The van der Waals surface area contributed by atoms with Crippen molar-refractivity contribution in [3.8, 4) is 0 Å². The Balaban J connectivity index is 1.92. The van der Waals surface area contributed by atoms with E-state index in [1.54, 1.807) is 6.08 Å². The summed E-state index contributed by atoms with van der Waals surface area (Å²) < 4.78 is 0. The third kappa shape index (κ3) is 1.33. The normalized spacial score (nSPS) is 39.2. The predicted molar refractivity (Wildman–Crippen MR) is 55.1 cm³/mol. The van der Waals surface area contributed by atoms with E-state index in [1.807, 2.05) is 11.0 Å². The second kappa shape index (κ2) is 3.19. The Morgan fingerprint density at radius 1 is 1.33 bits per heavy atom. The van der Waals surface area contributed by atoms with E-state index in [0.29, 0.717) is 24.9 Å². The molecule has 0 spiro atoms. The van der Waals surface area contributed by atoms with E-state index < -0.39 is 0 Å². The summed E-state index contributed by atoms with van der Waals surface area (Å²) >= 11 is 0. The zero-order valence-electron chi connectivity index (χ0n) is 8.69. The summed E-state index contributed by atoms with van der Waals surface area (Å²) in [5.41, 5.74) is 0. The highest BCUT2D eigenvalue weighted by Gasteiger charge is 2.42. The minimum atomic E-state index is 0.0818. The molecule has 0 unspecified atom stereocenters. The molecule has 0 aromatic heterocycles. The Kier molecular flexibility index (Phi) is 1.94. The van der Waals surface area contributed by atoms with Gasteiger partial charge >= 0.3 is 0 Å². The van der Waals surface area contributed by atoms with Crippen LogP contribution in [0.5, 0.6) is 0 Å². The lowest BCUT2D eigenvalue weighted by Gasteiger charge is -2.47. The zero-order chi connectivity index (χ0) is 10.4. The number of piperidine rings is 2. The van der Waals surface area contributed by atoms with E-state index in [-0.39, 0.29) is 17.6 Å². The summed E-state index contributed by atoms with van der Waals surface area (Å²) in [6.45, 7) is 0.670. The van der Waals surface area contributed by atoms with Crippen LogP contribution >= 0.6 is 0 Å². The fraction of sp³-hybridized carbons (Fsp3) is 0.667. The van der Waals surface area contributed by atoms with Gasteiger partial charge in [-0.05, 0) is 31.3 Å². The van der Waals surface area contributed by atoms with Crippen molar-refractivity contribution in [2.45, 2.75) is 31.7 Å². The first-order chi connectivity index (χ1) is 7.25. The minimum absolute atomic E-state index is 0.0818. The van der Waals surface area contributed by atoms with Crippen LogP contribution in [0.1, 0.15) is 25.7 Å². The number of carbonyl (C=O) groups is 2. The molecule has 3 aliphatic rings. The number of allylic oxidation sites excluding steroid dienone is 1. The van der Waals surface area contributed by atoms with E-state index in [9.17, 15) is 9.59 Å². The quantitative estimate of drug-likeness (QED) is 0.594. The van der Waals surface area contributed by atoms with Crippen LogP contribution in [0.2, 0.25) is 0 Å². The molecule has 1 aliphatic carbocycles. The van der Waals surface area contributed by atoms with Gasteiger partial charge in [-0.3, -0.25) is 9.59 Å². The number of ketones is 1. The van der Waals surface area contributed by atoms with Gasteiger partial charge in [-0.2, -0.15) is 0 Å². The number of amides is 1. The molecular weight excluding hydrogens is 190 g/mol. The average molecular weight is 205 g/mol. The van der Waals surface area contributed by atoms with Crippen LogP contribution in [0, 0.1) is 11.8 Å². The first-order valence-electron chi connectivity index (χ1n) is 5.77. The number of hydrogen-bond acceptors (Lipinski definition) is 2. The van der Waals surface area contributed by atoms with Crippen LogP contribution < -0.4 is 0 Å². The van der Waals surface area contributed by atoms with Crippen molar-refractivity contribution in [2.75, 3.05) is 6.54 Å². The van der Waals surface area contributed by atoms with Crippen LogP contribution in [0.3, 0.4) is 0 Å². The largest absolute Gasteiger partial charge is 0.338 e. The van der Waals surface area contributed by atoms with E-state index >= 15 is 0 Å². The van der Waals surface area contributed by atoms with Crippen molar-refractivity contribution in [1.82, 2.24) is 4.90 Å². The van der Waals surface area contributed by atoms with Crippen molar-refractivity contribution in [1.29, 1.82) is 0 Å².